The SMILES string of the molecule is COC(=O)[C@@H]1C[C@@H](NC(=O)c2nc3ccccc3[nH]c2=O)CN1C. The van der Waals surface area contributed by atoms with Gasteiger partial charge in [0.05, 0.1) is 18.1 Å². The van der Waals surface area contributed by atoms with Crippen molar-refractivity contribution in [3.63, 3.8) is 0 Å². The van der Waals surface area contributed by atoms with Crippen LogP contribution in [0.2, 0.25) is 0 Å². The molecule has 0 bridgehead atoms. The van der Waals surface area contributed by atoms with Crippen LogP contribution >= 0.6 is 0 Å². The maximum Gasteiger partial charge on any atom is 0.323 e. The summed E-state index contributed by atoms with van der Waals surface area (Å²) >= 11 is 0. The van der Waals surface area contributed by atoms with Crippen LogP contribution in [-0.4, -0.2) is 59.5 Å². The Balaban J connectivity index is 1.77. The van der Waals surface area contributed by atoms with Crippen molar-refractivity contribution in [1.29, 1.82) is 0 Å². The molecular formula is C16H18N4O4. The maximum atomic E-state index is 12.4. The van der Waals surface area contributed by atoms with Crippen molar-refractivity contribution >= 4 is 22.9 Å². The number of fused-ring (bicyclic) bond motifs is 1. The second kappa shape index (κ2) is 6.40. The highest BCUT2D eigenvalue weighted by molar-refractivity contribution is 5.94. The first-order chi connectivity index (χ1) is 11.5. The topological polar surface area (TPSA) is 104 Å². The number of aromatic nitrogens is 2. The van der Waals surface area contributed by atoms with Gasteiger partial charge in [-0.25, -0.2) is 4.98 Å². The Morgan fingerprint density at radius 3 is 2.88 bits per heavy atom. The van der Waals surface area contributed by atoms with Crippen LogP contribution in [0.5, 0.6) is 0 Å². The Hall–Kier alpha value is -2.74. The normalized spacial score (nSPS) is 20.9. The van der Waals surface area contributed by atoms with Crippen LogP contribution in [0.4, 0.5) is 0 Å². The third kappa shape index (κ3) is 3.00. The molecular weight excluding hydrogens is 312 g/mol. The minimum atomic E-state index is -0.550. The average molecular weight is 330 g/mol. The lowest BCUT2D eigenvalue weighted by atomic mass is 10.1. The fourth-order valence-corrected chi connectivity index (χ4v) is 2.95. The number of carbonyl (C=O) groups excluding carboxylic acids is 2. The van der Waals surface area contributed by atoms with Gasteiger partial charge in [-0.3, -0.25) is 19.3 Å². The lowest BCUT2D eigenvalue weighted by Crippen LogP contribution is -2.39. The van der Waals surface area contributed by atoms with Crippen LogP contribution in [0, 0.1) is 0 Å². The van der Waals surface area contributed by atoms with E-state index in [0.717, 1.165) is 0 Å². The van der Waals surface area contributed by atoms with E-state index < -0.39 is 17.5 Å². The Morgan fingerprint density at radius 2 is 2.12 bits per heavy atom. The molecule has 1 fully saturated rings. The van der Waals surface area contributed by atoms with Crippen LogP contribution in [0.25, 0.3) is 11.0 Å². The fourth-order valence-electron chi connectivity index (χ4n) is 2.95. The van der Waals surface area contributed by atoms with Crippen molar-refractivity contribution in [3.05, 3.63) is 40.3 Å². The van der Waals surface area contributed by atoms with Crippen LogP contribution in [0.15, 0.2) is 29.1 Å². The largest absolute Gasteiger partial charge is 0.468 e. The smallest absolute Gasteiger partial charge is 0.323 e. The van der Waals surface area contributed by atoms with E-state index in [1.807, 2.05) is 4.90 Å². The zero-order valence-corrected chi connectivity index (χ0v) is 13.4. The summed E-state index contributed by atoms with van der Waals surface area (Å²) in [5.41, 5.74) is 0.392. The van der Waals surface area contributed by atoms with Crippen molar-refractivity contribution in [3.8, 4) is 0 Å². The van der Waals surface area contributed by atoms with Crippen molar-refractivity contribution in [2.24, 2.45) is 0 Å². The molecule has 1 amide bonds. The molecule has 0 spiro atoms. The van der Waals surface area contributed by atoms with Gasteiger partial charge in [0.25, 0.3) is 11.5 Å². The Morgan fingerprint density at radius 1 is 1.38 bits per heavy atom. The number of nitrogens with zero attached hydrogens (tertiary/aromatic N) is 2. The van der Waals surface area contributed by atoms with Crippen molar-refractivity contribution < 1.29 is 14.3 Å². The molecule has 1 aliphatic rings. The third-order valence-electron chi connectivity index (χ3n) is 4.17. The van der Waals surface area contributed by atoms with Gasteiger partial charge in [0, 0.05) is 12.6 Å². The molecule has 8 nitrogen and oxygen atoms in total. The highest BCUT2D eigenvalue weighted by atomic mass is 16.5. The zero-order chi connectivity index (χ0) is 17.3. The van der Waals surface area contributed by atoms with Crippen LogP contribution in [0.1, 0.15) is 16.9 Å². The molecule has 2 aromatic rings. The minimum absolute atomic E-state index is 0.183. The Kier molecular flexibility index (Phi) is 4.30. The number of amides is 1. The first-order valence-electron chi connectivity index (χ1n) is 7.57. The maximum absolute atomic E-state index is 12.4. The number of rotatable bonds is 3. The number of carbonyl (C=O) groups is 2. The number of esters is 1. The number of hydrogen-bond donors (Lipinski definition) is 2. The fraction of sp³-hybridized carbons (Fsp3) is 0.375. The second-order valence-corrected chi connectivity index (χ2v) is 5.82. The molecule has 24 heavy (non-hydrogen) atoms. The van der Waals surface area contributed by atoms with E-state index in [0.29, 0.717) is 24.0 Å². The molecule has 1 aliphatic heterocycles. The Labute approximate surface area is 137 Å². The van der Waals surface area contributed by atoms with Crippen LogP contribution in [0.3, 0.4) is 0 Å². The van der Waals surface area contributed by atoms with Crippen molar-refractivity contribution in [1.82, 2.24) is 20.2 Å². The van der Waals surface area contributed by atoms with Crippen LogP contribution in [-0.2, 0) is 9.53 Å². The predicted molar refractivity (Wildman–Crippen MR) is 86.7 cm³/mol. The first-order valence-corrected chi connectivity index (χ1v) is 7.57. The number of likely N-dealkylation sites (N-methyl/N-ethyl adjacent to an activating group) is 1. The molecule has 1 saturated heterocycles. The van der Waals surface area contributed by atoms with E-state index in [2.05, 4.69) is 15.3 Å². The molecule has 2 heterocycles. The monoisotopic (exact) mass is 330 g/mol. The van der Waals surface area contributed by atoms with E-state index in [-0.39, 0.29) is 17.7 Å². The number of likely N-dealkylation sites (tertiary alicyclic amines) is 1. The Bertz CT molecular complexity index is 847. The molecule has 0 unspecified atom stereocenters. The summed E-state index contributed by atoms with van der Waals surface area (Å²) in [6.45, 7) is 0.497. The molecule has 2 atom stereocenters. The van der Waals surface area contributed by atoms with Crippen molar-refractivity contribution in [2.75, 3.05) is 20.7 Å². The van der Waals surface area contributed by atoms with Gasteiger partial charge in [-0.2, -0.15) is 0 Å². The molecule has 3 rings (SSSR count). The summed E-state index contributed by atoms with van der Waals surface area (Å²) in [6, 6.07) is 6.35. The van der Waals surface area contributed by atoms with E-state index in [4.69, 9.17) is 4.74 Å². The number of methoxy groups -OCH3 is 1. The van der Waals surface area contributed by atoms with E-state index in [9.17, 15) is 14.4 Å². The second-order valence-electron chi connectivity index (χ2n) is 5.82. The number of hydrogen-bond acceptors (Lipinski definition) is 6. The van der Waals surface area contributed by atoms with Gasteiger partial charge in [-0.05, 0) is 25.6 Å². The number of aromatic amines is 1. The molecule has 0 aliphatic carbocycles. The van der Waals surface area contributed by atoms with E-state index in [1.165, 1.54) is 7.11 Å². The van der Waals surface area contributed by atoms with Gasteiger partial charge in [-0.1, -0.05) is 12.1 Å². The summed E-state index contributed by atoms with van der Waals surface area (Å²) in [4.78, 5) is 44.7. The molecule has 0 radical (unpaired) electrons. The van der Waals surface area contributed by atoms with E-state index >= 15 is 0 Å². The molecule has 1 aromatic heterocycles. The average Bonchev–Trinajstić information content (AvgIpc) is 2.93. The number of para-hydroxylation sites is 2. The minimum Gasteiger partial charge on any atom is -0.468 e. The van der Waals surface area contributed by atoms with Gasteiger partial charge >= 0.3 is 5.97 Å². The van der Waals surface area contributed by atoms with Crippen LogP contribution < -0.4 is 10.9 Å². The standard InChI is InChI=1S/C16H18N4O4/c1-20-8-9(7-12(20)16(23)24-2)17-14(21)13-15(22)19-11-6-4-3-5-10(11)18-13/h3-6,9,12H,7-8H2,1-2H3,(H,17,21)(H,19,22)/t9-,12+/m1/s1. The number of benzene rings is 1. The van der Waals surface area contributed by atoms with Gasteiger partial charge in [0.1, 0.15) is 6.04 Å². The summed E-state index contributed by atoms with van der Waals surface area (Å²) in [7, 11) is 3.12. The quantitative estimate of drug-likeness (QED) is 0.762. The van der Waals surface area contributed by atoms with Gasteiger partial charge in [0.15, 0.2) is 5.69 Å². The number of ether oxygens (including phenoxy) is 1. The molecule has 2 N–H and O–H groups in total. The summed E-state index contributed by atoms with van der Waals surface area (Å²) in [6.07, 6.45) is 0.431. The summed E-state index contributed by atoms with van der Waals surface area (Å²) in [5.74, 6) is -0.887. The van der Waals surface area contributed by atoms with Gasteiger partial charge in [-0.15, -0.1) is 0 Å². The molecule has 1 aromatic carbocycles. The highest BCUT2D eigenvalue weighted by Crippen LogP contribution is 2.17. The number of H-pyrrole nitrogens is 1. The van der Waals surface area contributed by atoms with E-state index in [1.54, 1.807) is 31.3 Å². The third-order valence-corrected chi connectivity index (χ3v) is 4.17. The zero-order valence-electron chi connectivity index (χ0n) is 13.4. The molecule has 126 valence electrons. The molecule has 0 saturated carbocycles. The summed E-state index contributed by atoms with van der Waals surface area (Å²) < 4.78 is 4.75. The van der Waals surface area contributed by atoms with Gasteiger partial charge in [0.2, 0.25) is 0 Å². The lowest BCUT2D eigenvalue weighted by molar-refractivity contribution is -0.145. The van der Waals surface area contributed by atoms with Gasteiger partial charge < -0.3 is 15.0 Å². The van der Waals surface area contributed by atoms with Crippen molar-refractivity contribution in [2.45, 2.75) is 18.5 Å². The first kappa shape index (κ1) is 16.1. The number of nitrogens with one attached hydrogen (secondary N) is 2. The predicted octanol–water partition coefficient (Wildman–Crippen LogP) is -0.101. The lowest BCUT2D eigenvalue weighted by Gasteiger charge is -2.15. The highest BCUT2D eigenvalue weighted by Gasteiger charge is 2.36. The molecule has 8 heteroatoms. The summed E-state index contributed by atoms with van der Waals surface area (Å²) in [5, 5.41) is 2.77.